The van der Waals surface area contributed by atoms with Crippen molar-refractivity contribution in [2.75, 3.05) is 11.9 Å². The van der Waals surface area contributed by atoms with Gasteiger partial charge in [-0.3, -0.25) is 13.9 Å². The van der Waals surface area contributed by atoms with Crippen LogP contribution in [-0.2, 0) is 27.1 Å². The molecular weight excluding hydrogens is 292 g/mol. The minimum Gasteiger partial charge on any atom is -0.355 e. The number of nitrogens with zero attached hydrogens (tertiary/aromatic N) is 4. The molecule has 0 unspecified atom stereocenters. The molecule has 23 heavy (non-hydrogen) atoms. The van der Waals surface area contributed by atoms with E-state index in [-0.39, 0.29) is 5.56 Å². The van der Waals surface area contributed by atoms with Crippen molar-refractivity contribution < 1.29 is 0 Å². The summed E-state index contributed by atoms with van der Waals surface area (Å²) in [5.74, 6) is 0.333. The fourth-order valence-electron chi connectivity index (χ4n) is 2.61. The van der Waals surface area contributed by atoms with E-state index < -0.39 is 11.2 Å². The minimum atomic E-state index is -0.571. The van der Waals surface area contributed by atoms with Crippen LogP contribution in [0.1, 0.15) is 23.6 Å². The number of hydrogen-bond donors (Lipinski definition) is 0. The molecule has 6 heteroatoms. The molecule has 0 fully saturated rings. The molecule has 1 aromatic carbocycles. The van der Waals surface area contributed by atoms with Gasteiger partial charge >= 0.3 is 5.69 Å². The lowest BCUT2D eigenvalue weighted by Gasteiger charge is -2.23. The average molecular weight is 312 g/mol. The number of hydrogen-bond acceptors (Lipinski definition) is 4. The SMILES string of the molecule is CCc1ccc(CN(C)c2c(C#N)c(=O)n(C)c(=O)n2C)cc1. The first-order valence-corrected chi connectivity index (χ1v) is 7.39. The molecule has 0 amide bonds. The van der Waals surface area contributed by atoms with E-state index in [0.717, 1.165) is 16.6 Å². The Hall–Kier alpha value is -2.81. The molecule has 2 aromatic rings. The summed E-state index contributed by atoms with van der Waals surface area (Å²) in [4.78, 5) is 26.0. The highest BCUT2D eigenvalue weighted by atomic mass is 16.2. The first kappa shape index (κ1) is 16.6. The van der Waals surface area contributed by atoms with E-state index in [1.54, 1.807) is 19.0 Å². The van der Waals surface area contributed by atoms with Crippen LogP contribution >= 0.6 is 0 Å². The van der Waals surface area contributed by atoms with Crippen molar-refractivity contribution in [3.8, 4) is 6.07 Å². The Morgan fingerprint density at radius 2 is 1.65 bits per heavy atom. The third-order valence-corrected chi connectivity index (χ3v) is 3.96. The smallest absolute Gasteiger partial charge is 0.332 e. The number of rotatable bonds is 4. The fourth-order valence-corrected chi connectivity index (χ4v) is 2.61. The lowest BCUT2D eigenvalue weighted by molar-refractivity contribution is 0.667. The molecule has 0 atom stereocenters. The molecule has 2 rings (SSSR count). The molecule has 0 aliphatic rings. The van der Waals surface area contributed by atoms with Crippen molar-refractivity contribution in [1.82, 2.24) is 9.13 Å². The van der Waals surface area contributed by atoms with Gasteiger partial charge in [-0.1, -0.05) is 31.2 Å². The summed E-state index contributed by atoms with van der Waals surface area (Å²) in [6.07, 6.45) is 0.970. The molecular formula is C17H20N4O2. The monoisotopic (exact) mass is 312 g/mol. The first-order valence-electron chi connectivity index (χ1n) is 7.39. The van der Waals surface area contributed by atoms with Crippen LogP contribution in [0.15, 0.2) is 33.9 Å². The van der Waals surface area contributed by atoms with Gasteiger partial charge in [0, 0.05) is 27.7 Å². The molecule has 1 heterocycles. The molecule has 0 aliphatic heterocycles. The minimum absolute atomic E-state index is 0.0257. The van der Waals surface area contributed by atoms with Gasteiger partial charge < -0.3 is 4.90 Å². The molecule has 0 N–H and O–H groups in total. The first-order chi connectivity index (χ1) is 10.9. The summed E-state index contributed by atoms with van der Waals surface area (Å²) in [5.41, 5.74) is 1.25. The van der Waals surface area contributed by atoms with Gasteiger partial charge in [-0.05, 0) is 17.5 Å². The highest BCUT2D eigenvalue weighted by Gasteiger charge is 2.18. The van der Waals surface area contributed by atoms with Crippen molar-refractivity contribution in [1.29, 1.82) is 5.26 Å². The molecule has 0 bridgehead atoms. The van der Waals surface area contributed by atoms with E-state index in [4.69, 9.17) is 0 Å². The second kappa shape index (κ2) is 6.53. The van der Waals surface area contributed by atoms with Gasteiger partial charge in [0.2, 0.25) is 0 Å². The Labute approximate surface area is 134 Å². The van der Waals surface area contributed by atoms with Gasteiger partial charge in [0.05, 0.1) is 0 Å². The number of aromatic nitrogens is 2. The number of nitriles is 1. The van der Waals surface area contributed by atoms with Crippen LogP contribution in [0.5, 0.6) is 0 Å². The summed E-state index contributed by atoms with van der Waals surface area (Å²) >= 11 is 0. The van der Waals surface area contributed by atoms with E-state index in [0.29, 0.717) is 12.4 Å². The van der Waals surface area contributed by atoms with Crippen LogP contribution in [0.25, 0.3) is 0 Å². The summed E-state index contributed by atoms with van der Waals surface area (Å²) in [7, 11) is 4.70. The molecule has 0 saturated carbocycles. The molecule has 0 aliphatic carbocycles. The quantitative estimate of drug-likeness (QED) is 0.849. The van der Waals surface area contributed by atoms with Crippen molar-refractivity contribution >= 4 is 5.82 Å². The Balaban J connectivity index is 2.47. The van der Waals surface area contributed by atoms with Gasteiger partial charge in [0.1, 0.15) is 11.9 Å². The Kier molecular flexibility index (Phi) is 4.70. The number of anilines is 1. The molecule has 0 saturated heterocycles. The highest BCUT2D eigenvalue weighted by molar-refractivity contribution is 5.53. The lowest BCUT2D eigenvalue weighted by Crippen LogP contribution is -2.41. The van der Waals surface area contributed by atoms with E-state index >= 15 is 0 Å². The van der Waals surface area contributed by atoms with Crippen molar-refractivity contribution in [2.45, 2.75) is 19.9 Å². The van der Waals surface area contributed by atoms with Gasteiger partial charge in [-0.15, -0.1) is 0 Å². The molecule has 120 valence electrons. The van der Waals surface area contributed by atoms with Crippen LogP contribution in [0.4, 0.5) is 5.82 Å². The van der Waals surface area contributed by atoms with E-state index in [1.807, 2.05) is 18.2 Å². The highest BCUT2D eigenvalue weighted by Crippen LogP contribution is 2.16. The second-order valence-corrected chi connectivity index (χ2v) is 5.54. The van der Waals surface area contributed by atoms with Crippen molar-refractivity contribution in [3.05, 3.63) is 61.8 Å². The zero-order chi connectivity index (χ0) is 17.1. The maximum atomic E-state index is 12.1. The van der Waals surface area contributed by atoms with Gasteiger partial charge in [0.15, 0.2) is 5.56 Å². The second-order valence-electron chi connectivity index (χ2n) is 5.54. The third kappa shape index (κ3) is 3.04. The zero-order valence-corrected chi connectivity index (χ0v) is 13.8. The molecule has 0 radical (unpaired) electrons. The fraction of sp³-hybridized carbons (Fsp3) is 0.353. The lowest BCUT2D eigenvalue weighted by atomic mass is 10.1. The largest absolute Gasteiger partial charge is 0.355 e. The average Bonchev–Trinajstić information content (AvgIpc) is 2.56. The maximum absolute atomic E-state index is 12.1. The molecule has 1 aromatic heterocycles. The van der Waals surface area contributed by atoms with Gasteiger partial charge in [0.25, 0.3) is 5.56 Å². The summed E-state index contributed by atoms with van der Waals surface area (Å²) in [6, 6.07) is 10.1. The van der Waals surface area contributed by atoms with E-state index in [1.165, 1.54) is 17.2 Å². The number of benzene rings is 1. The summed E-state index contributed by atoms with van der Waals surface area (Å²) in [6.45, 7) is 2.59. The van der Waals surface area contributed by atoms with Crippen LogP contribution in [-0.4, -0.2) is 16.2 Å². The van der Waals surface area contributed by atoms with Crippen LogP contribution in [0.2, 0.25) is 0 Å². The maximum Gasteiger partial charge on any atom is 0.332 e. The van der Waals surface area contributed by atoms with Crippen molar-refractivity contribution in [2.24, 2.45) is 14.1 Å². The molecule has 6 nitrogen and oxygen atoms in total. The van der Waals surface area contributed by atoms with E-state index in [9.17, 15) is 14.9 Å². The normalized spacial score (nSPS) is 10.4. The number of aryl methyl sites for hydroxylation is 1. The van der Waals surface area contributed by atoms with E-state index in [2.05, 4.69) is 19.1 Å². The molecule has 0 spiro atoms. The van der Waals surface area contributed by atoms with Crippen LogP contribution < -0.4 is 16.1 Å². The predicted octanol–water partition coefficient (Wildman–Crippen LogP) is 1.15. The van der Waals surface area contributed by atoms with Crippen LogP contribution in [0, 0.1) is 11.3 Å². The van der Waals surface area contributed by atoms with Gasteiger partial charge in [-0.25, -0.2) is 4.79 Å². The Morgan fingerprint density at radius 1 is 1.09 bits per heavy atom. The van der Waals surface area contributed by atoms with Gasteiger partial charge in [-0.2, -0.15) is 5.26 Å². The summed E-state index contributed by atoms with van der Waals surface area (Å²) < 4.78 is 2.28. The van der Waals surface area contributed by atoms with Crippen molar-refractivity contribution in [3.63, 3.8) is 0 Å². The standard InChI is InChI=1S/C17H20N4O2/c1-5-12-6-8-13(9-7-12)11-19(2)15-14(10-18)16(22)21(4)17(23)20(15)3/h6-9H,5,11H2,1-4H3. The topological polar surface area (TPSA) is 71.0 Å². The predicted molar refractivity (Wildman–Crippen MR) is 89.6 cm³/mol. The third-order valence-electron chi connectivity index (χ3n) is 3.96. The van der Waals surface area contributed by atoms with Crippen LogP contribution in [0.3, 0.4) is 0 Å². The summed E-state index contributed by atoms with van der Waals surface area (Å²) in [5, 5.41) is 9.32. The Morgan fingerprint density at radius 3 is 2.17 bits per heavy atom. The Bertz CT molecular complexity index is 870. The zero-order valence-electron chi connectivity index (χ0n) is 13.8.